The van der Waals surface area contributed by atoms with Crippen LogP contribution in [0.2, 0.25) is 0 Å². The molecule has 162 valence electrons. The Morgan fingerprint density at radius 2 is 1.55 bits per heavy atom. The van der Waals surface area contributed by atoms with E-state index in [1.54, 1.807) is 0 Å². The predicted molar refractivity (Wildman–Crippen MR) is 125 cm³/mol. The summed E-state index contributed by atoms with van der Waals surface area (Å²) in [5.41, 5.74) is 3.84. The van der Waals surface area contributed by atoms with Gasteiger partial charge in [-0.25, -0.2) is 0 Å². The largest absolute Gasteiger partial charge is 0.490 e. The van der Waals surface area contributed by atoms with Crippen LogP contribution in [0.4, 0.5) is 0 Å². The Labute approximate surface area is 183 Å². The van der Waals surface area contributed by atoms with Gasteiger partial charge in [-0.3, -0.25) is 0 Å². The zero-order valence-corrected chi connectivity index (χ0v) is 19.9. The van der Waals surface area contributed by atoms with Gasteiger partial charge in [-0.15, -0.1) is 12.4 Å². The summed E-state index contributed by atoms with van der Waals surface area (Å²) in [5.74, 6) is 1.64. The normalized spacial score (nSPS) is 11.7. The van der Waals surface area contributed by atoms with Gasteiger partial charge in [0.05, 0.1) is 6.61 Å². The number of ether oxygens (including phenoxy) is 2. The minimum atomic E-state index is 0. The Morgan fingerprint density at radius 3 is 2.14 bits per heavy atom. The third-order valence-corrected chi connectivity index (χ3v) is 4.59. The number of benzene rings is 2. The second-order valence-corrected chi connectivity index (χ2v) is 9.43. The lowest BCUT2D eigenvalue weighted by atomic mass is 9.81. The van der Waals surface area contributed by atoms with Gasteiger partial charge >= 0.3 is 0 Å². The maximum absolute atomic E-state index is 6.25. The topological polar surface area (TPSA) is 30.5 Å². The SMILES string of the molecule is CCOc1cccc(CNC(C)(C)CC(C)(C)C)c1OCc1ccc(C)cc1.Cl. The smallest absolute Gasteiger partial charge is 0.166 e. The standard InChI is InChI=1S/C25H37NO2.ClH/c1-8-27-22-11-9-10-21(16-26-25(6,7)18-24(3,4)5)23(22)28-17-20-14-12-19(2)13-15-20;/h9-15,26H,8,16-18H2,1-7H3;1H. The number of hydrogen-bond donors (Lipinski definition) is 1. The molecule has 0 aliphatic carbocycles. The fourth-order valence-corrected chi connectivity index (χ4v) is 3.70. The molecule has 0 aliphatic heterocycles. The van der Waals surface area contributed by atoms with E-state index in [0.29, 0.717) is 13.2 Å². The van der Waals surface area contributed by atoms with Crippen LogP contribution < -0.4 is 14.8 Å². The molecule has 0 fully saturated rings. The van der Waals surface area contributed by atoms with E-state index in [-0.39, 0.29) is 23.4 Å². The van der Waals surface area contributed by atoms with Gasteiger partial charge < -0.3 is 14.8 Å². The van der Waals surface area contributed by atoms with Gasteiger partial charge in [0, 0.05) is 17.6 Å². The fraction of sp³-hybridized carbons (Fsp3) is 0.520. The minimum Gasteiger partial charge on any atom is -0.490 e. The van der Waals surface area contributed by atoms with Gasteiger partial charge in [0.2, 0.25) is 0 Å². The van der Waals surface area contributed by atoms with Crippen LogP contribution in [0.15, 0.2) is 42.5 Å². The predicted octanol–water partition coefficient (Wildman–Crippen LogP) is 6.70. The third-order valence-electron chi connectivity index (χ3n) is 4.59. The highest BCUT2D eigenvalue weighted by atomic mass is 35.5. The Morgan fingerprint density at radius 1 is 0.897 bits per heavy atom. The van der Waals surface area contributed by atoms with Gasteiger partial charge in [0.1, 0.15) is 6.61 Å². The van der Waals surface area contributed by atoms with E-state index < -0.39 is 0 Å². The highest BCUT2D eigenvalue weighted by Crippen LogP contribution is 2.33. The molecule has 0 aromatic heterocycles. The first-order valence-electron chi connectivity index (χ1n) is 10.3. The first kappa shape index (κ1) is 25.3. The number of halogens is 1. The van der Waals surface area contributed by atoms with Crippen molar-refractivity contribution < 1.29 is 9.47 Å². The average molecular weight is 420 g/mol. The van der Waals surface area contributed by atoms with Crippen molar-refractivity contribution in [3.05, 3.63) is 59.2 Å². The summed E-state index contributed by atoms with van der Waals surface area (Å²) in [6.07, 6.45) is 1.09. The summed E-state index contributed by atoms with van der Waals surface area (Å²) in [4.78, 5) is 0. The van der Waals surface area contributed by atoms with E-state index in [0.717, 1.165) is 35.6 Å². The van der Waals surface area contributed by atoms with Crippen molar-refractivity contribution >= 4 is 12.4 Å². The third kappa shape index (κ3) is 8.67. The second-order valence-electron chi connectivity index (χ2n) is 9.43. The number of aryl methyl sites for hydroxylation is 1. The van der Waals surface area contributed by atoms with E-state index >= 15 is 0 Å². The summed E-state index contributed by atoms with van der Waals surface area (Å²) >= 11 is 0. The molecule has 0 heterocycles. The molecular weight excluding hydrogens is 382 g/mol. The highest BCUT2D eigenvalue weighted by Gasteiger charge is 2.25. The lowest BCUT2D eigenvalue weighted by Crippen LogP contribution is -2.41. The number of nitrogens with one attached hydrogen (secondary N) is 1. The molecule has 2 aromatic rings. The van der Waals surface area contributed by atoms with Gasteiger partial charge in [-0.2, -0.15) is 0 Å². The van der Waals surface area contributed by atoms with Crippen LogP contribution in [0.3, 0.4) is 0 Å². The van der Waals surface area contributed by atoms with Crippen LogP contribution in [-0.4, -0.2) is 12.1 Å². The molecule has 0 atom stereocenters. The number of hydrogen-bond acceptors (Lipinski definition) is 3. The maximum Gasteiger partial charge on any atom is 0.166 e. The molecule has 1 N–H and O–H groups in total. The van der Waals surface area contributed by atoms with Crippen LogP contribution in [0.1, 0.15) is 64.7 Å². The molecule has 0 saturated heterocycles. The summed E-state index contributed by atoms with van der Waals surface area (Å²) in [6.45, 7) is 17.4. The highest BCUT2D eigenvalue weighted by molar-refractivity contribution is 5.85. The number of para-hydroxylation sites is 1. The van der Waals surface area contributed by atoms with Gasteiger partial charge in [0.15, 0.2) is 11.5 Å². The Balaban J connectivity index is 0.00000420. The lowest BCUT2D eigenvalue weighted by Gasteiger charge is -2.33. The van der Waals surface area contributed by atoms with E-state index in [2.05, 4.69) is 77.2 Å². The van der Waals surface area contributed by atoms with Gasteiger partial charge in [-0.1, -0.05) is 62.7 Å². The fourth-order valence-electron chi connectivity index (χ4n) is 3.70. The Bertz CT molecular complexity index is 748. The van der Waals surface area contributed by atoms with Crippen molar-refractivity contribution in [2.75, 3.05) is 6.61 Å². The first-order valence-corrected chi connectivity index (χ1v) is 10.3. The molecule has 2 rings (SSSR count). The first-order chi connectivity index (χ1) is 13.1. The minimum absolute atomic E-state index is 0. The number of rotatable bonds is 9. The lowest BCUT2D eigenvalue weighted by molar-refractivity contribution is 0.236. The van der Waals surface area contributed by atoms with Crippen molar-refractivity contribution in [1.82, 2.24) is 5.32 Å². The van der Waals surface area contributed by atoms with E-state index in [9.17, 15) is 0 Å². The summed E-state index contributed by atoms with van der Waals surface area (Å²) in [7, 11) is 0. The quantitative estimate of drug-likeness (QED) is 0.490. The van der Waals surface area contributed by atoms with E-state index in [1.165, 1.54) is 5.56 Å². The summed E-state index contributed by atoms with van der Waals surface area (Å²) in [6, 6.07) is 14.6. The maximum atomic E-state index is 6.25. The van der Waals surface area contributed by atoms with Crippen molar-refractivity contribution in [3.63, 3.8) is 0 Å². The van der Waals surface area contributed by atoms with Crippen LogP contribution in [0, 0.1) is 12.3 Å². The van der Waals surface area contributed by atoms with E-state index in [4.69, 9.17) is 9.47 Å². The zero-order chi connectivity index (χ0) is 20.8. The molecule has 4 heteroatoms. The average Bonchev–Trinajstić information content (AvgIpc) is 2.59. The molecule has 0 bridgehead atoms. The Hall–Kier alpha value is -1.71. The van der Waals surface area contributed by atoms with Crippen molar-refractivity contribution in [1.29, 1.82) is 0 Å². The van der Waals surface area contributed by atoms with Crippen molar-refractivity contribution in [3.8, 4) is 11.5 Å². The van der Waals surface area contributed by atoms with E-state index in [1.807, 2.05) is 19.1 Å². The monoisotopic (exact) mass is 419 g/mol. The molecule has 2 aromatic carbocycles. The molecule has 0 saturated carbocycles. The molecule has 0 radical (unpaired) electrons. The molecule has 0 amide bonds. The van der Waals surface area contributed by atoms with Crippen molar-refractivity contribution in [2.45, 2.75) is 73.6 Å². The van der Waals surface area contributed by atoms with Crippen LogP contribution in [0.25, 0.3) is 0 Å². The molecular formula is C25H38ClNO2. The van der Waals surface area contributed by atoms with Crippen LogP contribution in [0.5, 0.6) is 11.5 Å². The molecule has 0 aliphatic rings. The van der Waals surface area contributed by atoms with Crippen LogP contribution in [-0.2, 0) is 13.2 Å². The van der Waals surface area contributed by atoms with Crippen LogP contribution >= 0.6 is 12.4 Å². The summed E-state index contributed by atoms with van der Waals surface area (Å²) in [5, 5.41) is 3.71. The Kier molecular flexibility index (Phi) is 9.51. The van der Waals surface area contributed by atoms with Gasteiger partial charge in [0.25, 0.3) is 0 Å². The zero-order valence-electron chi connectivity index (χ0n) is 19.1. The van der Waals surface area contributed by atoms with Crippen molar-refractivity contribution in [2.24, 2.45) is 5.41 Å². The molecule has 0 unspecified atom stereocenters. The molecule has 29 heavy (non-hydrogen) atoms. The summed E-state index contributed by atoms with van der Waals surface area (Å²) < 4.78 is 12.1. The second kappa shape index (κ2) is 10.9. The molecule has 0 spiro atoms. The van der Waals surface area contributed by atoms with Gasteiger partial charge in [-0.05, 0) is 51.2 Å². The molecule has 3 nitrogen and oxygen atoms in total.